The Morgan fingerprint density at radius 1 is 1.13 bits per heavy atom. The molecule has 6 nitrogen and oxygen atoms in total. The van der Waals surface area contributed by atoms with Crippen molar-refractivity contribution in [2.24, 2.45) is 11.7 Å². The molecule has 1 aliphatic heterocycles. The molecule has 2 aliphatic rings. The van der Waals surface area contributed by atoms with E-state index in [0.717, 1.165) is 57.3 Å². The summed E-state index contributed by atoms with van der Waals surface area (Å²) in [5.74, 6) is 0.904. The van der Waals surface area contributed by atoms with E-state index >= 15 is 4.39 Å². The highest BCUT2D eigenvalue weighted by Gasteiger charge is 2.26. The maximum absolute atomic E-state index is 15.1. The van der Waals surface area contributed by atoms with Crippen LogP contribution >= 0.6 is 11.6 Å². The predicted octanol–water partition coefficient (Wildman–Crippen LogP) is 4.34. The molecule has 0 atom stereocenters. The summed E-state index contributed by atoms with van der Waals surface area (Å²) in [7, 11) is 0. The first-order chi connectivity index (χ1) is 14.5. The van der Waals surface area contributed by atoms with E-state index < -0.39 is 0 Å². The third-order valence-electron chi connectivity index (χ3n) is 6.25. The number of ether oxygens (including phenoxy) is 1. The molecule has 30 heavy (non-hydrogen) atoms. The SMILES string of the molecule is Nc1cc(-c2nc(NCC3CCOCC3)c(F)cc2[C@H]2CC[C@H](N)CC2)c(Cl)cn1. The van der Waals surface area contributed by atoms with Crippen LogP contribution in [0.25, 0.3) is 11.3 Å². The predicted molar refractivity (Wildman–Crippen MR) is 118 cm³/mol. The molecular formula is C22H29ClFN5O. The van der Waals surface area contributed by atoms with Crippen LogP contribution in [-0.2, 0) is 4.74 Å². The average molecular weight is 434 g/mol. The minimum atomic E-state index is -0.339. The van der Waals surface area contributed by atoms with E-state index in [0.29, 0.717) is 34.6 Å². The van der Waals surface area contributed by atoms with Crippen LogP contribution in [0.3, 0.4) is 0 Å². The molecule has 3 heterocycles. The topological polar surface area (TPSA) is 99.1 Å². The number of hydrogen-bond acceptors (Lipinski definition) is 6. The van der Waals surface area contributed by atoms with E-state index in [4.69, 9.17) is 32.8 Å². The maximum atomic E-state index is 15.1. The number of nitrogen functional groups attached to an aromatic ring is 1. The van der Waals surface area contributed by atoms with Crippen LogP contribution in [0.4, 0.5) is 16.0 Å². The van der Waals surface area contributed by atoms with E-state index in [1.165, 1.54) is 6.20 Å². The van der Waals surface area contributed by atoms with Gasteiger partial charge in [-0.1, -0.05) is 11.6 Å². The molecule has 0 radical (unpaired) electrons. The van der Waals surface area contributed by atoms with Gasteiger partial charge in [0.2, 0.25) is 0 Å². The summed E-state index contributed by atoms with van der Waals surface area (Å²) >= 11 is 6.45. The van der Waals surface area contributed by atoms with Gasteiger partial charge in [0, 0.05) is 37.6 Å². The zero-order valence-corrected chi connectivity index (χ0v) is 17.8. The van der Waals surface area contributed by atoms with Crippen molar-refractivity contribution in [3.8, 4) is 11.3 Å². The molecule has 162 valence electrons. The fourth-order valence-electron chi connectivity index (χ4n) is 4.41. The van der Waals surface area contributed by atoms with E-state index in [1.54, 1.807) is 12.1 Å². The third-order valence-corrected chi connectivity index (χ3v) is 6.55. The van der Waals surface area contributed by atoms with Gasteiger partial charge in [0.15, 0.2) is 11.6 Å². The van der Waals surface area contributed by atoms with Gasteiger partial charge in [-0.25, -0.2) is 14.4 Å². The van der Waals surface area contributed by atoms with Crippen LogP contribution in [-0.4, -0.2) is 35.8 Å². The van der Waals surface area contributed by atoms with Gasteiger partial charge < -0.3 is 21.5 Å². The lowest BCUT2D eigenvalue weighted by Crippen LogP contribution is -2.26. The number of halogens is 2. The molecule has 5 N–H and O–H groups in total. The minimum Gasteiger partial charge on any atom is -0.384 e. The van der Waals surface area contributed by atoms with Gasteiger partial charge in [0.25, 0.3) is 0 Å². The van der Waals surface area contributed by atoms with Crippen molar-refractivity contribution in [3.05, 3.63) is 34.7 Å². The Balaban J connectivity index is 1.68. The van der Waals surface area contributed by atoms with Crippen LogP contribution < -0.4 is 16.8 Å². The second-order valence-corrected chi connectivity index (χ2v) is 8.80. The quantitative estimate of drug-likeness (QED) is 0.648. The molecule has 1 aliphatic carbocycles. The first kappa shape index (κ1) is 21.3. The molecule has 0 bridgehead atoms. The smallest absolute Gasteiger partial charge is 0.165 e. The number of nitrogens with zero attached hydrogens (tertiary/aromatic N) is 2. The number of rotatable bonds is 5. The van der Waals surface area contributed by atoms with Gasteiger partial charge in [-0.05, 0) is 68.1 Å². The van der Waals surface area contributed by atoms with Gasteiger partial charge in [-0.3, -0.25) is 0 Å². The Morgan fingerprint density at radius 2 is 1.87 bits per heavy atom. The Bertz CT molecular complexity index is 882. The van der Waals surface area contributed by atoms with Crippen LogP contribution in [0, 0.1) is 11.7 Å². The lowest BCUT2D eigenvalue weighted by molar-refractivity contribution is 0.0699. The van der Waals surface area contributed by atoms with E-state index in [-0.39, 0.29) is 23.6 Å². The first-order valence-electron chi connectivity index (χ1n) is 10.7. The van der Waals surface area contributed by atoms with Crippen molar-refractivity contribution in [2.45, 2.75) is 50.5 Å². The van der Waals surface area contributed by atoms with E-state index in [9.17, 15) is 0 Å². The molecule has 0 aromatic carbocycles. The second kappa shape index (κ2) is 9.45. The van der Waals surface area contributed by atoms with Crippen molar-refractivity contribution >= 4 is 23.2 Å². The fourth-order valence-corrected chi connectivity index (χ4v) is 4.60. The molecule has 4 rings (SSSR count). The number of nitrogens with two attached hydrogens (primary N) is 2. The third kappa shape index (κ3) is 4.85. The first-order valence-corrected chi connectivity index (χ1v) is 11.1. The lowest BCUT2D eigenvalue weighted by Gasteiger charge is -2.28. The summed E-state index contributed by atoms with van der Waals surface area (Å²) in [5.41, 5.74) is 14.2. The molecule has 2 aromatic rings. The highest BCUT2D eigenvalue weighted by molar-refractivity contribution is 6.33. The molecule has 2 fully saturated rings. The van der Waals surface area contributed by atoms with Gasteiger partial charge in [-0.15, -0.1) is 0 Å². The number of aromatic nitrogens is 2. The zero-order chi connectivity index (χ0) is 21.1. The standard InChI is InChI=1S/C22H29ClFN5O/c23-18-12-27-20(26)10-17(18)21-16(14-1-3-15(25)4-2-14)9-19(24)22(29-21)28-11-13-5-7-30-8-6-13/h9-10,12-15H,1-8,11,25H2,(H2,26,27)(H,28,29)/t14-,15-. The Kier molecular flexibility index (Phi) is 6.71. The monoisotopic (exact) mass is 433 g/mol. The highest BCUT2D eigenvalue weighted by atomic mass is 35.5. The Hall–Kier alpha value is -1.96. The summed E-state index contributed by atoms with van der Waals surface area (Å²) < 4.78 is 20.5. The number of anilines is 2. The second-order valence-electron chi connectivity index (χ2n) is 8.39. The highest BCUT2D eigenvalue weighted by Crippen LogP contribution is 2.40. The molecule has 2 aromatic heterocycles. The molecule has 1 saturated carbocycles. The molecule has 8 heteroatoms. The Labute approximate surface area is 181 Å². The number of hydrogen-bond donors (Lipinski definition) is 3. The summed E-state index contributed by atoms with van der Waals surface area (Å²) in [6.45, 7) is 2.17. The lowest BCUT2D eigenvalue weighted by atomic mass is 9.80. The molecule has 0 unspecified atom stereocenters. The minimum absolute atomic E-state index is 0.191. The average Bonchev–Trinajstić information content (AvgIpc) is 2.76. The molecule has 0 amide bonds. The maximum Gasteiger partial charge on any atom is 0.165 e. The van der Waals surface area contributed by atoms with Crippen LogP contribution in [0.2, 0.25) is 5.02 Å². The van der Waals surface area contributed by atoms with Crippen LogP contribution in [0.15, 0.2) is 18.3 Å². The van der Waals surface area contributed by atoms with Crippen LogP contribution in [0.1, 0.15) is 50.0 Å². The Morgan fingerprint density at radius 3 is 2.60 bits per heavy atom. The molecular weight excluding hydrogens is 405 g/mol. The van der Waals surface area contributed by atoms with E-state index in [1.807, 2.05) is 0 Å². The fraction of sp³-hybridized carbons (Fsp3) is 0.545. The molecule has 0 spiro atoms. The van der Waals surface area contributed by atoms with Crippen molar-refractivity contribution in [1.29, 1.82) is 0 Å². The zero-order valence-electron chi connectivity index (χ0n) is 17.0. The van der Waals surface area contributed by atoms with Gasteiger partial charge in [-0.2, -0.15) is 0 Å². The van der Waals surface area contributed by atoms with Crippen molar-refractivity contribution < 1.29 is 9.13 Å². The summed E-state index contributed by atoms with van der Waals surface area (Å²) in [6, 6.07) is 3.54. The van der Waals surface area contributed by atoms with E-state index in [2.05, 4.69) is 10.3 Å². The summed E-state index contributed by atoms with van der Waals surface area (Å²) in [4.78, 5) is 8.76. The largest absolute Gasteiger partial charge is 0.384 e. The van der Waals surface area contributed by atoms with Gasteiger partial charge >= 0.3 is 0 Å². The van der Waals surface area contributed by atoms with Crippen molar-refractivity contribution in [1.82, 2.24) is 9.97 Å². The molecule has 1 saturated heterocycles. The normalized spacial score (nSPS) is 22.8. The number of nitrogens with one attached hydrogen (secondary N) is 1. The summed E-state index contributed by atoms with van der Waals surface area (Å²) in [5, 5.41) is 3.66. The summed E-state index contributed by atoms with van der Waals surface area (Å²) in [6.07, 6.45) is 7.10. The van der Waals surface area contributed by atoms with Crippen molar-refractivity contribution in [3.63, 3.8) is 0 Å². The van der Waals surface area contributed by atoms with Crippen LogP contribution in [0.5, 0.6) is 0 Å². The van der Waals surface area contributed by atoms with Gasteiger partial charge in [0.05, 0.1) is 10.7 Å². The van der Waals surface area contributed by atoms with Crippen molar-refractivity contribution in [2.75, 3.05) is 30.8 Å². The van der Waals surface area contributed by atoms with Gasteiger partial charge in [0.1, 0.15) is 5.82 Å². The number of pyridine rings is 2.